The first-order chi connectivity index (χ1) is 14.9. The first kappa shape index (κ1) is 22.2. The van der Waals surface area contributed by atoms with Crippen LogP contribution in [0.4, 0.5) is 0 Å². The van der Waals surface area contributed by atoms with Crippen molar-refractivity contribution in [1.82, 2.24) is 20.4 Å². The molecule has 0 saturated heterocycles. The van der Waals surface area contributed by atoms with Gasteiger partial charge in [0.05, 0.1) is 19.5 Å². The van der Waals surface area contributed by atoms with E-state index in [0.29, 0.717) is 27.8 Å². The molecule has 0 aliphatic heterocycles. The molecule has 0 fully saturated rings. The fourth-order valence-electron chi connectivity index (χ4n) is 2.56. The molecular formula is C20H19ClN6O3S. The van der Waals surface area contributed by atoms with Crippen LogP contribution in [0.15, 0.2) is 53.8 Å². The van der Waals surface area contributed by atoms with Crippen LogP contribution in [0.3, 0.4) is 0 Å². The molecule has 0 spiro atoms. The van der Waals surface area contributed by atoms with Crippen LogP contribution in [0, 0.1) is 0 Å². The van der Waals surface area contributed by atoms with E-state index in [1.54, 1.807) is 54.9 Å². The summed E-state index contributed by atoms with van der Waals surface area (Å²) in [7, 11) is 1.54. The fourth-order valence-corrected chi connectivity index (χ4v) is 2.74. The highest BCUT2D eigenvalue weighted by molar-refractivity contribution is 7.80. The number of ketones is 1. The average Bonchev–Trinajstić information content (AvgIpc) is 3.20. The second-order valence-corrected chi connectivity index (χ2v) is 7.15. The number of hydrazone groups is 1. The van der Waals surface area contributed by atoms with Crippen LogP contribution < -0.4 is 20.6 Å². The maximum absolute atomic E-state index is 12.3. The highest BCUT2D eigenvalue weighted by Gasteiger charge is 2.11. The summed E-state index contributed by atoms with van der Waals surface area (Å²) >= 11 is 10.5. The highest BCUT2D eigenvalue weighted by atomic mass is 35.5. The standard InChI is InChI=1S/C20H19ClN6O3S/c1-29-19-8-13(9-23-25-20(22)31)2-7-18(19)30-12-16-10-27(26-24-16)11-17(28)14-3-5-15(21)6-4-14/h2-10H,11-12H2,1H3,(H3,22,25,31)/b23-9-. The van der Waals surface area contributed by atoms with Crippen molar-refractivity contribution in [1.29, 1.82) is 0 Å². The van der Waals surface area contributed by atoms with Crippen molar-refractivity contribution in [2.75, 3.05) is 7.11 Å². The van der Waals surface area contributed by atoms with Gasteiger partial charge in [-0.05, 0) is 60.2 Å². The van der Waals surface area contributed by atoms with Gasteiger partial charge in [-0.15, -0.1) is 5.10 Å². The second-order valence-electron chi connectivity index (χ2n) is 6.27. The molecule has 0 amide bonds. The van der Waals surface area contributed by atoms with E-state index in [-0.39, 0.29) is 24.0 Å². The maximum atomic E-state index is 12.3. The Hall–Kier alpha value is -3.50. The normalized spacial score (nSPS) is 10.8. The van der Waals surface area contributed by atoms with Gasteiger partial charge in [0.1, 0.15) is 18.8 Å². The number of hydrogen-bond acceptors (Lipinski definition) is 7. The number of hydrogen-bond donors (Lipinski definition) is 2. The molecule has 2 aromatic carbocycles. The number of carbonyl (C=O) groups is 1. The van der Waals surface area contributed by atoms with Crippen molar-refractivity contribution in [3.8, 4) is 11.5 Å². The van der Waals surface area contributed by atoms with Crippen molar-refractivity contribution in [3.63, 3.8) is 0 Å². The molecule has 0 saturated carbocycles. The zero-order chi connectivity index (χ0) is 22.2. The van der Waals surface area contributed by atoms with E-state index < -0.39 is 0 Å². The van der Waals surface area contributed by atoms with Crippen LogP contribution >= 0.6 is 23.8 Å². The Morgan fingerprint density at radius 3 is 2.77 bits per heavy atom. The topological polar surface area (TPSA) is 117 Å². The number of carbonyl (C=O) groups excluding carboxylic acids is 1. The number of nitrogens with two attached hydrogens (primary N) is 1. The second kappa shape index (κ2) is 10.5. The van der Waals surface area contributed by atoms with E-state index in [1.165, 1.54) is 11.8 Å². The zero-order valence-electron chi connectivity index (χ0n) is 16.5. The Bertz CT molecular complexity index is 1100. The van der Waals surface area contributed by atoms with E-state index in [0.717, 1.165) is 5.56 Å². The van der Waals surface area contributed by atoms with E-state index in [9.17, 15) is 4.79 Å². The van der Waals surface area contributed by atoms with Crippen molar-refractivity contribution in [2.24, 2.45) is 10.8 Å². The van der Waals surface area contributed by atoms with Crippen molar-refractivity contribution in [2.45, 2.75) is 13.2 Å². The number of ether oxygens (including phenoxy) is 2. The number of halogens is 1. The van der Waals surface area contributed by atoms with Gasteiger partial charge in [0.25, 0.3) is 0 Å². The Labute approximate surface area is 188 Å². The van der Waals surface area contributed by atoms with Gasteiger partial charge < -0.3 is 15.2 Å². The van der Waals surface area contributed by atoms with Crippen LogP contribution in [0.25, 0.3) is 0 Å². The molecule has 160 valence electrons. The summed E-state index contributed by atoms with van der Waals surface area (Å²) in [5.41, 5.74) is 9.68. The molecule has 0 aliphatic carbocycles. The van der Waals surface area contributed by atoms with Gasteiger partial charge in [0.2, 0.25) is 0 Å². The first-order valence-corrected chi connectivity index (χ1v) is 9.80. The average molecular weight is 459 g/mol. The maximum Gasteiger partial charge on any atom is 0.184 e. The largest absolute Gasteiger partial charge is 0.493 e. The molecule has 31 heavy (non-hydrogen) atoms. The summed E-state index contributed by atoms with van der Waals surface area (Å²) in [4.78, 5) is 12.3. The lowest BCUT2D eigenvalue weighted by atomic mass is 10.1. The van der Waals surface area contributed by atoms with Gasteiger partial charge >= 0.3 is 0 Å². The van der Waals surface area contributed by atoms with E-state index in [4.69, 9.17) is 26.8 Å². The summed E-state index contributed by atoms with van der Waals surface area (Å²) in [5.74, 6) is 0.941. The summed E-state index contributed by atoms with van der Waals surface area (Å²) in [6.07, 6.45) is 3.21. The molecule has 0 atom stereocenters. The molecule has 3 aromatic rings. The predicted octanol–water partition coefficient (Wildman–Crippen LogP) is 2.57. The van der Waals surface area contributed by atoms with Gasteiger partial charge in [-0.3, -0.25) is 10.2 Å². The zero-order valence-corrected chi connectivity index (χ0v) is 18.1. The molecule has 0 radical (unpaired) electrons. The fraction of sp³-hybridized carbons (Fsp3) is 0.150. The summed E-state index contributed by atoms with van der Waals surface area (Å²) in [6, 6.07) is 12.0. The molecule has 0 aliphatic rings. The quantitative estimate of drug-likeness (QED) is 0.217. The number of rotatable bonds is 9. The molecule has 9 nitrogen and oxygen atoms in total. The Kier molecular flexibility index (Phi) is 7.52. The monoisotopic (exact) mass is 458 g/mol. The van der Waals surface area contributed by atoms with Crippen molar-refractivity contribution in [3.05, 3.63) is 70.5 Å². The van der Waals surface area contributed by atoms with Crippen molar-refractivity contribution >= 4 is 40.9 Å². The minimum absolute atomic E-state index is 0.0618. The molecule has 1 heterocycles. The molecule has 0 bridgehead atoms. The van der Waals surface area contributed by atoms with Crippen LogP contribution in [-0.4, -0.2) is 39.2 Å². The Balaban J connectivity index is 1.59. The van der Waals surface area contributed by atoms with E-state index in [1.807, 2.05) is 0 Å². The molecule has 1 aromatic heterocycles. The van der Waals surface area contributed by atoms with E-state index in [2.05, 4.69) is 33.1 Å². The summed E-state index contributed by atoms with van der Waals surface area (Å²) in [6.45, 7) is 0.216. The number of aromatic nitrogens is 3. The number of thiocarbonyl (C=S) groups is 1. The van der Waals surface area contributed by atoms with Gasteiger partial charge in [0.15, 0.2) is 22.4 Å². The van der Waals surface area contributed by atoms with Crippen LogP contribution in [-0.2, 0) is 13.2 Å². The van der Waals surface area contributed by atoms with Crippen LogP contribution in [0.1, 0.15) is 21.6 Å². The summed E-state index contributed by atoms with van der Waals surface area (Å²) in [5, 5.41) is 12.6. The Morgan fingerprint density at radius 1 is 1.29 bits per heavy atom. The third kappa shape index (κ3) is 6.49. The third-order valence-corrected chi connectivity index (χ3v) is 4.35. The van der Waals surface area contributed by atoms with E-state index >= 15 is 0 Å². The SMILES string of the molecule is COc1cc(/C=N\NC(N)=S)ccc1OCc1cn(CC(=O)c2ccc(Cl)cc2)nn1. The molecule has 11 heteroatoms. The number of nitrogens with one attached hydrogen (secondary N) is 1. The van der Waals surface area contributed by atoms with Crippen LogP contribution in [0.5, 0.6) is 11.5 Å². The van der Waals surface area contributed by atoms with Gasteiger partial charge in [0, 0.05) is 10.6 Å². The molecule has 0 unspecified atom stereocenters. The molecular weight excluding hydrogens is 440 g/mol. The lowest BCUT2D eigenvalue weighted by molar-refractivity contribution is 0.0967. The van der Waals surface area contributed by atoms with Gasteiger partial charge in [-0.2, -0.15) is 5.10 Å². The predicted molar refractivity (Wildman–Crippen MR) is 121 cm³/mol. The molecule has 3 rings (SSSR count). The number of nitrogens with zero attached hydrogens (tertiary/aromatic N) is 4. The van der Waals surface area contributed by atoms with Crippen molar-refractivity contribution < 1.29 is 14.3 Å². The Morgan fingerprint density at radius 2 is 2.06 bits per heavy atom. The number of Topliss-reactive ketones (excluding diaryl/α,β-unsaturated/α-hetero) is 1. The smallest absolute Gasteiger partial charge is 0.184 e. The first-order valence-electron chi connectivity index (χ1n) is 9.01. The summed E-state index contributed by atoms with van der Waals surface area (Å²) < 4.78 is 12.6. The van der Waals surface area contributed by atoms with Crippen LogP contribution in [0.2, 0.25) is 5.02 Å². The van der Waals surface area contributed by atoms with Gasteiger partial charge in [-0.1, -0.05) is 16.8 Å². The lowest BCUT2D eigenvalue weighted by Crippen LogP contribution is -2.23. The number of methoxy groups -OCH3 is 1. The number of benzene rings is 2. The molecule has 3 N–H and O–H groups in total. The highest BCUT2D eigenvalue weighted by Crippen LogP contribution is 2.28. The minimum atomic E-state index is -0.0992. The lowest BCUT2D eigenvalue weighted by Gasteiger charge is -2.10. The van der Waals surface area contributed by atoms with Gasteiger partial charge in [-0.25, -0.2) is 4.68 Å². The minimum Gasteiger partial charge on any atom is -0.493 e. The third-order valence-electron chi connectivity index (χ3n) is 4.01.